The van der Waals surface area contributed by atoms with E-state index >= 15 is 0 Å². The Morgan fingerprint density at radius 3 is 2.46 bits per heavy atom. The zero-order chi connectivity index (χ0) is 24.0. The number of nitrogens with one attached hydrogen (secondary N) is 1. The number of anilines is 1. The Morgan fingerprint density at radius 1 is 1.09 bits per heavy atom. The fraction of sp³-hybridized carbons (Fsp3) is 0.346. The van der Waals surface area contributed by atoms with Gasteiger partial charge in [0.25, 0.3) is 6.02 Å². The SMILES string of the molecule is O=C(O)C1(c2ccc(OC3=NC4N=C(c5ccc(N6CCOCC6)cc5)C(Cl)=CC4N3)cc2)CC1. The number of benzene rings is 2. The lowest BCUT2D eigenvalue weighted by Gasteiger charge is -2.29. The van der Waals surface area contributed by atoms with Crippen LogP contribution in [-0.2, 0) is 14.9 Å². The van der Waals surface area contributed by atoms with E-state index in [0.29, 0.717) is 35.4 Å². The number of allylic oxidation sites excluding steroid dienone is 1. The zero-order valence-electron chi connectivity index (χ0n) is 19.0. The Kier molecular flexibility index (Phi) is 5.50. The second kappa shape index (κ2) is 8.70. The van der Waals surface area contributed by atoms with Gasteiger partial charge in [-0.2, -0.15) is 0 Å². The number of morpholine rings is 1. The Labute approximate surface area is 207 Å². The molecule has 8 nitrogen and oxygen atoms in total. The first-order valence-electron chi connectivity index (χ1n) is 11.8. The van der Waals surface area contributed by atoms with Gasteiger partial charge >= 0.3 is 5.97 Å². The maximum atomic E-state index is 11.5. The van der Waals surface area contributed by atoms with Crippen molar-refractivity contribution in [2.45, 2.75) is 30.5 Å². The number of carbonyl (C=O) groups is 1. The minimum Gasteiger partial charge on any atom is -0.481 e. The van der Waals surface area contributed by atoms with Crippen molar-refractivity contribution >= 4 is 35.0 Å². The first-order valence-corrected chi connectivity index (χ1v) is 12.1. The van der Waals surface area contributed by atoms with Gasteiger partial charge < -0.3 is 24.8 Å². The van der Waals surface area contributed by atoms with Crippen molar-refractivity contribution in [3.8, 4) is 5.75 Å². The van der Waals surface area contributed by atoms with Gasteiger partial charge in [0, 0.05) is 24.3 Å². The van der Waals surface area contributed by atoms with Crippen LogP contribution in [0, 0.1) is 0 Å². The highest BCUT2D eigenvalue weighted by atomic mass is 35.5. The molecular formula is C26H25ClN4O4. The molecule has 9 heteroatoms. The van der Waals surface area contributed by atoms with Gasteiger partial charge in [-0.3, -0.25) is 9.79 Å². The maximum Gasteiger partial charge on any atom is 0.314 e. The van der Waals surface area contributed by atoms with Gasteiger partial charge in [0.05, 0.1) is 35.4 Å². The molecule has 0 aromatic heterocycles. The fourth-order valence-electron chi connectivity index (χ4n) is 4.75. The summed E-state index contributed by atoms with van der Waals surface area (Å²) in [5.74, 6) is -0.192. The van der Waals surface area contributed by atoms with Gasteiger partial charge in [-0.1, -0.05) is 35.9 Å². The molecule has 2 N–H and O–H groups in total. The van der Waals surface area contributed by atoms with Crippen LogP contribution in [0.3, 0.4) is 0 Å². The van der Waals surface area contributed by atoms with Gasteiger partial charge in [0.2, 0.25) is 0 Å². The van der Waals surface area contributed by atoms with Crippen molar-refractivity contribution in [2.24, 2.45) is 9.98 Å². The highest BCUT2D eigenvalue weighted by Crippen LogP contribution is 2.48. The van der Waals surface area contributed by atoms with E-state index in [4.69, 9.17) is 26.1 Å². The topological polar surface area (TPSA) is 95.8 Å². The third kappa shape index (κ3) is 4.17. The van der Waals surface area contributed by atoms with E-state index in [1.165, 1.54) is 0 Å². The molecule has 0 amide bonds. The summed E-state index contributed by atoms with van der Waals surface area (Å²) >= 11 is 6.60. The molecule has 2 fully saturated rings. The van der Waals surface area contributed by atoms with Crippen molar-refractivity contribution in [1.82, 2.24) is 5.32 Å². The van der Waals surface area contributed by atoms with Gasteiger partial charge in [-0.05, 0) is 48.7 Å². The second-order valence-electron chi connectivity index (χ2n) is 9.17. The predicted octanol–water partition coefficient (Wildman–Crippen LogP) is 3.30. The van der Waals surface area contributed by atoms with Crippen LogP contribution in [-0.4, -0.2) is 61.3 Å². The Morgan fingerprint density at radius 2 is 1.80 bits per heavy atom. The van der Waals surface area contributed by atoms with Crippen LogP contribution in [0.4, 0.5) is 5.69 Å². The number of hydrogen-bond acceptors (Lipinski definition) is 7. The highest BCUT2D eigenvalue weighted by Gasteiger charge is 2.51. The summed E-state index contributed by atoms with van der Waals surface area (Å²) < 4.78 is 11.3. The number of hydrogen-bond donors (Lipinski definition) is 2. The van der Waals surface area contributed by atoms with Crippen LogP contribution >= 0.6 is 11.6 Å². The number of carboxylic acids is 1. The number of halogens is 1. The van der Waals surface area contributed by atoms with Crippen LogP contribution in [0.5, 0.6) is 5.75 Å². The zero-order valence-corrected chi connectivity index (χ0v) is 19.7. The molecule has 1 aliphatic carbocycles. The minimum atomic E-state index is -0.773. The van der Waals surface area contributed by atoms with E-state index in [9.17, 15) is 9.90 Å². The van der Waals surface area contributed by atoms with Gasteiger partial charge in [0.15, 0.2) is 6.17 Å². The molecule has 6 rings (SSSR count). The van der Waals surface area contributed by atoms with E-state index in [1.807, 2.05) is 30.3 Å². The lowest BCUT2D eigenvalue weighted by Crippen LogP contribution is -2.37. The summed E-state index contributed by atoms with van der Waals surface area (Å²) in [6.07, 6.45) is 2.88. The van der Waals surface area contributed by atoms with Gasteiger partial charge in [-0.25, -0.2) is 4.99 Å². The largest absolute Gasteiger partial charge is 0.481 e. The molecule has 35 heavy (non-hydrogen) atoms. The van der Waals surface area contributed by atoms with Crippen molar-refractivity contribution in [3.05, 3.63) is 70.8 Å². The molecule has 0 spiro atoms. The van der Waals surface area contributed by atoms with Crippen LogP contribution in [0.1, 0.15) is 24.0 Å². The van der Waals surface area contributed by atoms with E-state index < -0.39 is 11.4 Å². The van der Waals surface area contributed by atoms with E-state index in [-0.39, 0.29) is 12.2 Å². The number of aliphatic imine (C=N–C) groups is 2. The third-order valence-corrected chi connectivity index (χ3v) is 7.28. The number of nitrogens with zero attached hydrogens (tertiary/aromatic N) is 3. The van der Waals surface area contributed by atoms with Crippen LogP contribution < -0.4 is 15.0 Å². The number of carboxylic acid groups (broad SMARTS) is 1. The van der Waals surface area contributed by atoms with Gasteiger partial charge in [-0.15, -0.1) is 0 Å². The normalized spacial score (nSPS) is 24.5. The Hall–Kier alpha value is -3.36. The lowest BCUT2D eigenvalue weighted by atomic mass is 9.96. The Bertz CT molecular complexity index is 1230. The average molecular weight is 493 g/mol. The molecule has 2 atom stereocenters. The van der Waals surface area contributed by atoms with Crippen molar-refractivity contribution in [1.29, 1.82) is 0 Å². The first kappa shape index (κ1) is 22.1. The summed E-state index contributed by atoms with van der Waals surface area (Å²) in [5, 5.41) is 13.3. The summed E-state index contributed by atoms with van der Waals surface area (Å²) in [4.78, 5) is 23.2. The molecule has 2 unspecified atom stereocenters. The molecule has 180 valence electrons. The monoisotopic (exact) mass is 492 g/mol. The van der Waals surface area contributed by atoms with E-state index in [2.05, 4.69) is 27.3 Å². The molecule has 0 radical (unpaired) electrons. The third-order valence-electron chi connectivity index (χ3n) is 6.97. The average Bonchev–Trinajstić information content (AvgIpc) is 3.61. The molecule has 3 heterocycles. The molecule has 2 aromatic carbocycles. The molecule has 3 aliphatic heterocycles. The summed E-state index contributed by atoms with van der Waals surface area (Å²) in [7, 11) is 0. The molecule has 4 aliphatic rings. The van der Waals surface area contributed by atoms with Crippen molar-refractivity contribution in [3.63, 3.8) is 0 Å². The molecule has 1 saturated heterocycles. The number of fused-ring (bicyclic) bond motifs is 1. The molecular weight excluding hydrogens is 468 g/mol. The second-order valence-corrected chi connectivity index (χ2v) is 9.58. The molecule has 0 bridgehead atoms. The van der Waals surface area contributed by atoms with Crippen LogP contribution in [0.2, 0.25) is 0 Å². The number of ether oxygens (including phenoxy) is 2. The van der Waals surface area contributed by atoms with Crippen LogP contribution in [0.25, 0.3) is 0 Å². The van der Waals surface area contributed by atoms with Crippen molar-refractivity contribution < 1.29 is 19.4 Å². The fourth-order valence-corrected chi connectivity index (χ4v) is 5.04. The number of rotatable bonds is 5. The summed E-state index contributed by atoms with van der Waals surface area (Å²) in [6, 6.07) is 15.6. The predicted molar refractivity (Wildman–Crippen MR) is 134 cm³/mol. The summed E-state index contributed by atoms with van der Waals surface area (Å²) in [6.45, 7) is 3.26. The lowest BCUT2D eigenvalue weighted by molar-refractivity contribution is -0.140. The summed E-state index contributed by atoms with van der Waals surface area (Å²) in [5.41, 5.74) is 2.87. The standard InChI is InChI=1S/C26H25ClN4O4/c27-20-15-21-23(29-22(20)16-1-5-18(6-2-16)31-11-13-34-14-12-31)30-25(28-21)35-19-7-3-17(4-8-19)26(9-10-26)24(32)33/h1-8,15,21,23H,9-14H2,(H,28,30)(H,32,33). The Balaban J connectivity index is 1.16. The van der Waals surface area contributed by atoms with Crippen molar-refractivity contribution in [2.75, 3.05) is 31.2 Å². The molecule has 2 aromatic rings. The van der Waals surface area contributed by atoms with Gasteiger partial charge in [0.1, 0.15) is 5.75 Å². The minimum absolute atomic E-state index is 0.185. The number of dihydropyridines is 1. The molecule has 1 saturated carbocycles. The number of aliphatic carboxylic acids is 1. The van der Waals surface area contributed by atoms with E-state index in [0.717, 1.165) is 43.1 Å². The smallest absolute Gasteiger partial charge is 0.314 e. The quantitative estimate of drug-likeness (QED) is 0.665. The first-order chi connectivity index (χ1) is 17.0. The number of amidine groups is 1. The van der Waals surface area contributed by atoms with Crippen LogP contribution in [0.15, 0.2) is 69.6 Å². The maximum absolute atomic E-state index is 11.5. The van der Waals surface area contributed by atoms with E-state index in [1.54, 1.807) is 12.1 Å². The highest BCUT2D eigenvalue weighted by molar-refractivity contribution is 6.46.